The van der Waals surface area contributed by atoms with Crippen LogP contribution in [-0.4, -0.2) is 32.4 Å². The van der Waals surface area contributed by atoms with Gasteiger partial charge in [-0.2, -0.15) is 0 Å². The molecule has 0 amide bonds. The average Bonchev–Trinajstić information content (AvgIpc) is 2.59. The maximum absolute atomic E-state index is 6.13. The van der Waals surface area contributed by atoms with Gasteiger partial charge in [0.15, 0.2) is 0 Å². The van der Waals surface area contributed by atoms with Crippen molar-refractivity contribution in [2.24, 2.45) is 0 Å². The predicted octanol–water partition coefficient (Wildman–Crippen LogP) is 8.00. The summed E-state index contributed by atoms with van der Waals surface area (Å²) < 4.78 is 12.3. The Balaban J connectivity index is 3.32. The quantitative estimate of drug-likeness (QED) is 0.135. The van der Waals surface area contributed by atoms with Crippen molar-refractivity contribution in [2.45, 2.75) is 126 Å². The molecule has 0 heterocycles. The third-order valence-electron chi connectivity index (χ3n) is 4.90. The second-order valence-corrected chi connectivity index (χ2v) is 17.7. The van der Waals surface area contributed by atoms with Crippen molar-refractivity contribution in [1.29, 1.82) is 0 Å². The minimum atomic E-state index is -2.62. The number of rotatable bonds is 20. The number of unbranched alkanes of at least 4 members (excludes halogenated alkanes) is 14. The van der Waals surface area contributed by atoms with Crippen LogP contribution in [0.15, 0.2) is 0 Å². The van der Waals surface area contributed by atoms with Gasteiger partial charge in [0.25, 0.3) is 0 Å². The van der Waals surface area contributed by atoms with Gasteiger partial charge < -0.3 is 0 Å². The maximum atomic E-state index is 6.13. The van der Waals surface area contributed by atoms with E-state index in [1.165, 1.54) is 103 Å². The summed E-state index contributed by atoms with van der Waals surface area (Å²) in [6, 6.07) is 0. The van der Waals surface area contributed by atoms with E-state index in [4.69, 9.17) is 6.15 Å². The Labute approximate surface area is 164 Å². The molecule has 3 heteroatoms. The first kappa shape index (κ1) is 25.7. The first-order valence-corrected chi connectivity index (χ1v) is 19.4. The van der Waals surface area contributed by atoms with Crippen LogP contribution in [0, 0.1) is 0 Å². The summed E-state index contributed by atoms with van der Waals surface area (Å²) in [5, 5.41) is 0. The summed E-state index contributed by atoms with van der Waals surface area (Å²) in [6.07, 6.45) is 21.8. The van der Waals surface area contributed by atoms with Crippen molar-refractivity contribution >= 4 is 19.2 Å². The molecule has 0 aromatic rings. The molecule has 0 aliphatic rings. The second-order valence-electron chi connectivity index (χ2n) is 8.05. The topological polar surface area (TPSA) is 18.5 Å². The molecular formula is C22H48O2Sn. The molecule has 0 unspecified atom stereocenters. The van der Waals surface area contributed by atoms with Gasteiger partial charge in [0.1, 0.15) is 0 Å². The van der Waals surface area contributed by atoms with Crippen LogP contribution in [0.1, 0.15) is 117 Å². The fourth-order valence-corrected chi connectivity index (χ4v) is 7.02. The SMILES string of the molecule is CCCCCCCCCC[O][Sn]([CH3])([CH3])[O]CCCCCCCCCC. The first-order chi connectivity index (χ1) is 12.1. The molecule has 2 nitrogen and oxygen atoms in total. The molecule has 0 fully saturated rings. The number of hydrogen-bond donors (Lipinski definition) is 0. The van der Waals surface area contributed by atoms with Crippen molar-refractivity contribution in [1.82, 2.24) is 0 Å². The van der Waals surface area contributed by atoms with Crippen molar-refractivity contribution in [3.8, 4) is 0 Å². The molecule has 0 radical (unpaired) electrons. The minimum absolute atomic E-state index is 0.926. The Morgan fingerprint density at radius 1 is 0.440 bits per heavy atom. The van der Waals surface area contributed by atoms with Crippen molar-refractivity contribution in [3.63, 3.8) is 0 Å². The third-order valence-corrected chi connectivity index (χ3v) is 10.0. The Hall–Kier alpha value is 0.719. The zero-order chi connectivity index (χ0) is 18.6. The Morgan fingerprint density at radius 3 is 1.04 bits per heavy atom. The molecule has 0 aliphatic carbocycles. The molecule has 0 saturated heterocycles. The van der Waals surface area contributed by atoms with Gasteiger partial charge in [-0.05, 0) is 0 Å². The van der Waals surface area contributed by atoms with Gasteiger partial charge in [-0.1, -0.05) is 0 Å². The predicted molar refractivity (Wildman–Crippen MR) is 115 cm³/mol. The van der Waals surface area contributed by atoms with E-state index >= 15 is 0 Å². The van der Waals surface area contributed by atoms with Crippen LogP contribution in [0.2, 0.25) is 9.88 Å². The van der Waals surface area contributed by atoms with Crippen LogP contribution in [0.4, 0.5) is 0 Å². The molecular weight excluding hydrogens is 415 g/mol. The van der Waals surface area contributed by atoms with E-state index < -0.39 is 19.2 Å². The van der Waals surface area contributed by atoms with E-state index in [9.17, 15) is 0 Å². The summed E-state index contributed by atoms with van der Waals surface area (Å²) in [5.74, 6) is 0. The van der Waals surface area contributed by atoms with Gasteiger partial charge in [-0.15, -0.1) is 0 Å². The van der Waals surface area contributed by atoms with E-state index in [-0.39, 0.29) is 0 Å². The average molecular weight is 463 g/mol. The number of hydrogen-bond acceptors (Lipinski definition) is 2. The molecule has 0 aromatic carbocycles. The monoisotopic (exact) mass is 464 g/mol. The van der Waals surface area contributed by atoms with E-state index in [0.29, 0.717) is 0 Å². The molecule has 0 bridgehead atoms. The van der Waals surface area contributed by atoms with E-state index in [1.807, 2.05) is 0 Å². The zero-order valence-electron chi connectivity index (χ0n) is 18.0. The van der Waals surface area contributed by atoms with Crippen LogP contribution in [0.25, 0.3) is 0 Å². The second kappa shape index (κ2) is 19.5. The molecule has 152 valence electrons. The van der Waals surface area contributed by atoms with Gasteiger partial charge in [0.2, 0.25) is 0 Å². The van der Waals surface area contributed by atoms with E-state index in [2.05, 4.69) is 23.7 Å². The van der Waals surface area contributed by atoms with Gasteiger partial charge in [0, 0.05) is 0 Å². The summed E-state index contributed by atoms with van der Waals surface area (Å²) in [4.78, 5) is 4.54. The van der Waals surface area contributed by atoms with Gasteiger partial charge >= 0.3 is 165 Å². The zero-order valence-corrected chi connectivity index (χ0v) is 20.9. The van der Waals surface area contributed by atoms with Crippen LogP contribution >= 0.6 is 0 Å². The molecule has 0 aliphatic heterocycles. The van der Waals surface area contributed by atoms with Gasteiger partial charge in [-0.25, -0.2) is 0 Å². The first-order valence-electron chi connectivity index (χ1n) is 11.4. The van der Waals surface area contributed by atoms with Crippen molar-refractivity contribution in [2.75, 3.05) is 13.2 Å². The van der Waals surface area contributed by atoms with Gasteiger partial charge in [-0.3, -0.25) is 0 Å². The van der Waals surface area contributed by atoms with Crippen LogP contribution < -0.4 is 0 Å². The van der Waals surface area contributed by atoms with E-state index in [1.54, 1.807) is 0 Å². The van der Waals surface area contributed by atoms with E-state index in [0.717, 1.165) is 13.2 Å². The Kier molecular flexibility index (Phi) is 20.0. The molecule has 0 rings (SSSR count). The summed E-state index contributed by atoms with van der Waals surface area (Å²) in [7, 11) is 0. The van der Waals surface area contributed by atoms with Crippen LogP contribution in [0.3, 0.4) is 0 Å². The summed E-state index contributed by atoms with van der Waals surface area (Å²) in [6.45, 7) is 6.41. The van der Waals surface area contributed by atoms with Gasteiger partial charge in [0.05, 0.1) is 0 Å². The Morgan fingerprint density at radius 2 is 0.720 bits per heavy atom. The third kappa shape index (κ3) is 20.9. The molecule has 25 heavy (non-hydrogen) atoms. The fourth-order valence-electron chi connectivity index (χ4n) is 3.15. The van der Waals surface area contributed by atoms with Crippen LogP contribution in [0.5, 0.6) is 0 Å². The Bertz CT molecular complexity index is 232. The summed E-state index contributed by atoms with van der Waals surface area (Å²) in [5.41, 5.74) is 0. The molecule has 0 spiro atoms. The molecule has 0 N–H and O–H groups in total. The van der Waals surface area contributed by atoms with Crippen LogP contribution in [-0.2, 0) is 6.15 Å². The fraction of sp³-hybridized carbons (Fsp3) is 1.00. The normalized spacial score (nSPS) is 12.0. The standard InChI is InChI=1S/2C10H21O.2CH3.Sn/c2*1-2-3-4-5-6-7-8-9-10-11;;;/h2*2-10H2,1H3;2*1H3;/q2*-1;;;+2. The summed E-state index contributed by atoms with van der Waals surface area (Å²) >= 11 is -2.62. The molecule has 0 saturated carbocycles. The molecule has 0 atom stereocenters. The van der Waals surface area contributed by atoms with Crippen molar-refractivity contribution in [3.05, 3.63) is 0 Å². The van der Waals surface area contributed by atoms with Crippen molar-refractivity contribution < 1.29 is 6.15 Å². The molecule has 0 aromatic heterocycles.